The average molecular weight is 491 g/mol. The fourth-order valence-corrected chi connectivity index (χ4v) is 3.59. The van der Waals surface area contributed by atoms with Crippen molar-refractivity contribution < 1.29 is 0 Å². The number of nitrogens with zero attached hydrogens (tertiary/aromatic N) is 1. The lowest BCUT2D eigenvalue weighted by molar-refractivity contribution is 1.15. The van der Waals surface area contributed by atoms with Gasteiger partial charge in [-0.05, 0) is 79.6 Å². The molecule has 0 atom stereocenters. The number of hydrogen-bond acceptors (Lipinski definition) is 4. The summed E-state index contributed by atoms with van der Waals surface area (Å²) in [6, 6.07) is 21.4. The van der Waals surface area contributed by atoms with Crippen LogP contribution in [0.3, 0.4) is 0 Å². The molecule has 0 unspecified atom stereocenters. The maximum Gasteiger partial charge on any atom is 0.107 e. The minimum Gasteiger partial charge on any atom is -0.366 e. The van der Waals surface area contributed by atoms with Gasteiger partial charge in [0.2, 0.25) is 0 Å². The zero-order valence-electron chi connectivity index (χ0n) is 19.3. The molecule has 3 N–H and O–H groups in total. The van der Waals surface area contributed by atoms with Gasteiger partial charge in [-0.25, -0.2) is 0 Å². The van der Waals surface area contributed by atoms with Gasteiger partial charge in [0, 0.05) is 50.3 Å². The van der Waals surface area contributed by atoms with E-state index in [1.54, 1.807) is 18.2 Å². The zero-order valence-corrected chi connectivity index (χ0v) is 20.8. The predicted octanol–water partition coefficient (Wildman–Crippen LogP) is 8.57. The van der Waals surface area contributed by atoms with Crippen molar-refractivity contribution in [3.8, 4) is 0 Å². The minimum atomic E-state index is 0.454. The fourth-order valence-electron chi connectivity index (χ4n) is 3.19. The van der Waals surface area contributed by atoms with Crippen molar-refractivity contribution in [2.45, 2.75) is 13.8 Å². The molecule has 0 heterocycles. The van der Waals surface area contributed by atoms with Gasteiger partial charge in [0.1, 0.15) is 6.67 Å². The molecule has 4 nitrogen and oxygen atoms in total. The van der Waals surface area contributed by atoms with E-state index in [-0.39, 0.29) is 0 Å². The number of anilines is 3. The van der Waals surface area contributed by atoms with E-state index in [0.717, 1.165) is 39.5 Å². The Balaban J connectivity index is 1.54. The molecule has 3 aromatic carbocycles. The van der Waals surface area contributed by atoms with Crippen molar-refractivity contribution in [3.63, 3.8) is 0 Å². The molecular formula is C28H28Cl2N4. The second-order valence-electron chi connectivity index (χ2n) is 7.81. The molecule has 0 amide bonds. The number of benzene rings is 3. The highest BCUT2D eigenvalue weighted by Gasteiger charge is 2.06. The lowest BCUT2D eigenvalue weighted by Crippen LogP contribution is -2.01. The largest absolute Gasteiger partial charge is 0.366 e. The molecular weight excluding hydrogens is 463 g/mol. The van der Waals surface area contributed by atoms with Crippen molar-refractivity contribution in [2.75, 3.05) is 22.6 Å². The molecule has 0 fully saturated rings. The molecule has 0 spiro atoms. The second kappa shape index (κ2) is 12.1. The van der Waals surface area contributed by atoms with Gasteiger partial charge >= 0.3 is 0 Å². The summed E-state index contributed by atoms with van der Waals surface area (Å²) in [6.45, 7) is 12.4. The SMILES string of the molecule is C=C(C)Nc1ccc(/C(C)=C/C=N\CNc2cccc(NC(=C)c3cc(Cl)ccc3Cl)c2)cc1. The van der Waals surface area contributed by atoms with Crippen LogP contribution in [0.25, 0.3) is 11.3 Å². The third-order valence-electron chi connectivity index (χ3n) is 4.91. The van der Waals surface area contributed by atoms with E-state index in [1.165, 1.54) is 0 Å². The van der Waals surface area contributed by atoms with Gasteiger partial charge in [-0.1, -0.05) is 54.6 Å². The smallest absolute Gasteiger partial charge is 0.107 e. The maximum atomic E-state index is 6.27. The standard InChI is InChI=1S/C28H28Cl2N4/c1-19(2)33-24-11-8-22(9-12-24)20(3)14-15-31-18-32-25-6-5-7-26(17-25)34-21(4)27-16-23(29)10-13-28(27)30/h5-17,32-34H,1,4,18H2,2-3H3/b20-14+,31-15-. The number of hydrogen-bond donors (Lipinski definition) is 3. The molecule has 3 rings (SSSR count). The maximum absolute atomic E-state index is 6.27. The Bertz CT molecular complexity index is 1230. The van der Waals surface area contributed by atoms with Crippen molar-refractivity contribution >= 4 is 57.7 Å². The molecule has 0 bridgehead atoms. The quantitative estimate of drug-likeness (QED) is 0.249. The summed E-state index contributed by atoms with van der Waals surface area (Å²) in [4.78, 5) is 4.44. The first-order chi connectivity index (χ1) is 16.3. The number of rotatable bonds is 10. The molecule has 0 aliphatic heterocycles. The third-order valence-corrected chi connectivity index (χ3v) is 5.48. The summed E-state index contributed by atoms with van der Waals surface area (Å²) in [6.07, 6.45) is 3.81. The number of halogens is 2. The van der Waals surface area contributed by atoms with Crippen molar-refractivity contribution in [1.29, 1.82) is 0 Å². The molecule has 34 heavy (non-hydrogen) atoms. The molecule has 0 aliphatic carbocycles. The monoisotopic (exact) mass is 490 g/mol. The van der Waals surface area contributed by atoms with Crippen LogP contribution in [0.15, 0.2) is 96.7 Å². The van der Waals surface area contributed by atoms with Gasteiger partial charge in [0.05, 0.1) is 0 Å². The Hall–Kier alpha value is -3.47. The number of aliphatic imine (C=N–C) groups is 1. The van der Waals surface area contributed by atoms with E-state index in [1.807, 2.05) is 55.6 Å². The summed E-state index contributed by atoms with van der Waals surface area (Å²) >= 11 is 12.4. The Morgan fingerprint density at radius 3 is 2.35 bits per heavy atom. The van der Waals surface area contributed by atoms with E-state index < -0.39 is 0 Å². The Morgan fingerprint density at radius 1 is 0.882 bits per heavy atom. The Morgan fingerprint density at radius 2 is 1.62 bits per heavy atom. The fraction of sp³-hybridized carbons (Fsp3) is 0.107. The van der Waals surface area contributed by atoms with Gasteiger partial charge in [0.25, 0.3) is 0 Å². The normalized spacial score (nSPS) is 11.4. The van der Waals surface area contributed by atoms with Crippen LogP contribution in [0.1, 0.15) is 25.0 Å². The molecule has 3 aromatic rings. The van der Waals surface area contributed by atoms with E-state index >= 15 is 0 Å². The van der Waals surface area contributed by atoms with Crippen molar-refractivity contribution in [3.05, 3.63) is 113 Å². The van der Waals surface area contributed by atoms with Crippen LogP contribution in [0, 0.1) is 0 Å². The van der Waals surface area contributed by atoms with E-state index in [2.05, 4.69) is 53.2 Å². The van der Waals surface area contributed by atoms with Crippen LogP contribution >= 0.6 is 23.2 Å². The second-order valence-corrected chi connectivity index (χ2v) is 8.65. The molecule has 0 radical (unpaired) electrons. The summed E-state index contributed by atoms with van der Waals surface area (Å²) in [5.41, 5.74) is 7.48. The molecule has 0 saturated carbocycles. The Kier molecular flexibility index (Phi) is 8.97. The van der Waals surface area contributed by atoms with Gasteiger partial charge in [-0.15, -0.1) is 0 Å². The summed E-state index contributed by atoms with van der Waals surface area (Å²) < 4.78 is 0. The van der Waals surface area contributed by atoms with Crippen LogP contribution in [-0.4, -0.2) is 12.9 Å². The molecule has 0 aliphatic rings. The molecule has 6 heteroatoms. The van der Waals surface area contributed by atoms with Crippen molar-refractivity contribution in [1.82, 2.24) is 0 Å². The van der Waals surface area contributed by atoms with Gasteiger partial charge < -0.3 is 16.0 Å². The highest BCUT2D eigenvalue weighted by atomic mass is 35.5. The average Bonchev–Trinajstić information content (AvgIpc) is 2.80. The first-order valence-corrected chi connectivity index (χ1v) is 11.5. The van der Waals surface area contributed by atoms with Crippen LogP contribution in [0.2, 0.25) is 10.0 Å². The van der Waals surface area contributed by atoms with E-state index in [4.69, 9.17) is 23.2 Å². The van der Waals surface area contributed by atoms with Gasteiger partial charge in [0.15, 0.2) is 0 Å². The van der Waals surface area contributed by atoms with Crippen LogP contribution in [-0.2, 0) is 0 Å². The van der Waals surface area contributed by atoms with E-state index in [0.29, 0.717) is 22.4 Å². The third kappa shape index (κ3) is 7.55. The minimum absolute atomic E-state index is 0.454. The molecule has 174 valence electrons. The molecule has 0 aromatic heterocycles. The lowest BCUT2D eigenvalue weighted by Gasteiger charge is -2.13. The van der Waals surface area contributed by atoms with Crippen LogP contribution in [0.4, 0.5) is 17.1 Å². The lowest BCUT2D eigenvalue weighted by atomic mass is 10.1. The van der Waals surface area contributed by atoms with Crippen molar-refractivity contribution in [2.24, 2.45) is 4.99 Å². The first kappa shape index (κ1) is 25.2. The van der Waals surface area contributed by atoms with Gasteiger partial charge in [-0.3, -0.25) is 4.99 Å². The number of nitrogens with one attached hydrogen (secondary N) is 3. The summed E-state index contributed by atoms with van der Waals surface area (Å²) in [7, 11) is 0. The summed E-state index contributed by atoms with van der Waals surface area (Å²) in [5, 5.41) is 11.0. The highest BCUT2D eigenvalue weighted by molar-refractivity contribution is 6.34. The van der Waals surface area contributed by atoms with Gasteiger partial charge in [-0.2, -0.15) is 0 Å². The molecule has 0 saturated heterocycles. The summed E-state index contributed by atoms with van der Waals surface area (Å²) in [5.74, 6) is 0. The van der Waals surface area contributed by atoms with Crippen LogP contribution in [0.5, 0.6) is 0 Å². The highest BCUT2D eigenvalue weighted by Crippen LogP contribution is 2.28. The number of allylic oxidation sites excluding steroid dienone is 3. The first-order valence-electron chi connectivity index (χ1n) is 10.8. The topological polar surface area (TPSA) is 48.5 Å². The van der Waals surface area contributed by atoms with E-state index in [9.17, 15) is 0 Å². The zero-order chi connectivity index (χ0) is 24.5. The van der Waals surface area contributed by atoms with Crippen LogP contribution < -0.4 is 16.0 Å². The predicted molar refractivity (Wildman–Crippen MR) is 151 cm³/mol. The Labute approximate surface area is 211 Å².